The molecular weight excluding hydrogens is 345 g/mol. The molecule has 1 atom stereocenters. The molecule has 7 heteroatoms. The number of carbonyl (C=O) groups is 1. The predicted molar refractivity (Wildman–Crippen MR) is 90.5 cm³/mol. The van der Waals surface area contributed by atoms with Crippen molar-refractivity contribution < 1.29 is 13.2 Å². The third-order valence-corrected chi connectivity index (χ3v) is 6.56. The molecule has 0 spiro atoms. The van der Waals surface area contributed by atoms with E-state index in [9.17, 15) is 13.2 Å². The number of rotatable bonds is 4. The predicted octanol–water partition coefficient (Wildman–Crippen LogP) is 3.56. The second kappa shape index (κ2) is 7.20. The third-order valence-electron chi connectivity index (χ3n) is 3.86. The van der Waals surface area contributed by atoms with Gasteiger partial charge < -0.3 is 4.90 Å². The molecule has 0 N–H and O–H groups in total. The molecule has 1 saturated heterocycles. The normalized spacial score (nSPS) is 20.6. The van der Waals surface area contributed by atoms with E-state index in [1.54, 1.807) is 23.1 Å². The Morgan fingerprint density at radius 1 is 1.36 bits per heavy atom. The molecule has 1 amide bonds. The molecule has 4 nitrogen and oxygen atoms in total. The van der Waals surface area contributed by atoms with E-state index in [2.05, 4.69) is 0 Å². The summed E-state index contributed by atoms with van der Waals surface area (Å²) in [6.07, 6.45) is 1.62. The Balaban J connectivity index is 2.14. The molecule has 22 heavy (non-hydrogen) atoms. The first-order chi connectivity index (χ1) is 10.3. The van der Waals surface area contributed by atoms with Gasteiger partial charge >= 0.3 is 0 Å². The number of nitrogens with zero attached hydrogens (tertiary/aromatic N) is 1. The number of carbonyl (C=O) groups excluding carboxylic acids is 1. The summed E-state index contributed by atoms with van der Waals surface area (Å²) in [5, 5.41) is 0.737. The van der Waals surface area contributed by atoms with Gasteiger partial charge in [0, 0.05) is 13.0 Å². The van der Waals surface area contributed by atoms with Gasteiger partial charge in [0.2, 0.25) is 5.91 Å². The first kappa shape index (κ1) is 17.6. The summed E-state index contributed by atoms with van der Waals surface area (Å²) in [7, 11) is -3.01. The summed E-state index contributed by atoms with van der Waals surface area (Å²) in [4.78, 5) is 14.1. The standard InChI is InChI=1S/C15H19Cl2NO3S/c1-2-18(13-7-3-6-12(16)15(13)17)14(19)9-11-5-4-8-22(20,21)10-11/h3,6-7,11H,2,4-5,8-10H2,1H3. The SMILES string of the molecule is CCN(C(=O)CC1CCCS(=O)(=O)C1)c1cccc(Cl)c1Cl. The largest absolute Gasteiger partial charge is 0.311 e. The van der Waals surface area contributed by atoms with Crippen LogP contribution in [0.25, 0.3) is 0 Å². The van der Waals surface area contributed by atoms with E-state index in [0.29, 0.717) is 28.7 Å². The van der Waals surface area contributed by atoms with Crippen LogP contribution in [0.1, 0.15) is 26.2 Å². The minimum atomic E-state index is -3.01. The van der Waals surface area contributed by atoms with Gasteiger partial charge in [0.1, 0.15) is 0 Å². The summed E-state index contributed by atoms with van der Waals surface area (Å²) in [6, 6.07) is 5.15. The lowest BCUT2D eigenvalue weighted by molar-refractivity contribution is -0.119. The summed E-state index contributed by atoms with van der Waals surface area (Å²) in [5.41, 5.74) is 0.570. The topological polar surface area (TPSA) is 54.5 Å². The quantitative estimate of drug-likeness (QED) is 0.821. The van der Waals surface area contributed by atoms with Crippen molar-refractivity contribution in [3.05, 3.63) is 28.2 Å². The monoisotopic (exact) mass is 363 g/mol. The van der Waals surface area contributed by atoms with E-state index in [4.69, 9.17) is 23.2 Å². The molecule has 0 aromatic heterocycles. The molecule has 1 aromatic rings. The lowest BCUT2D eigenvalue weighted by Crippen LogP contribution is -2.35. The lowest BCUT2D eigenvalue weighted by atomic mass is 10.0. The number of sulfone groups is 1. The zero-order valence-corrected chi connectivity index (χ0v) is 14.7. The Bertz CT molecular complexity index is 661. The Hall–Kier alpha value is -0.780. The van der Waals surface area contributed by atoms with Gasteiger partial charge in [-0.05, 0) is 37.8 Å². The van der Waals surface area contributed by atoms with Crippen LogP contribution in [0.4, 0.5) is 5.69 Å². The molecule has 0 saturated carbocycles. The summed E-state index contributed by atoms with van der Waals surface area (Å²) < 4.78 is 23.4. The lowest BCUT2D eigenvalue weighted by Gasteiger charge is -2.27. The fraction of sp³-hybridized carbons (Fsp3) is 0.533. The van der Waals surface area contributed by atoms with Gasteiger partial charge in [0.05, 0.1) is 27.2 Å². The molecule has 1 aromatic carbocycles. The Labute approximate surface area is 141 Å². The maximum atomic E-state index is 12.5. The third kappa shape index (κ3) is 4.15. The Kier molecular flexibility index (Phi) is 5.75. The summed E-state index contributed by atoms with van der Waals surface area (Å²) in [5.74, 6) is 0.0986. The average Bonchev–Trinajstić information content (AvgIpc) is 2.43. The van der Waals surface area contributed by atoms with Crippen molar-refractivity contribution in [2.75, 3.05) is 23.0 Å². The smallest absolute Gasteiger partial charge is 0.227 e. The molecular formula is C15H19Cl2NO3S. The van der Waals surface area contributed by atoms with Crippen molar-refractivity contribution in [2.45, 2.75) is 26.2 Å². The second-order valence-electron chi connectivity index (χ2n) is 5.54. The van der Waals surface area contributed by atoms with Gasteiger partial charge in [0.25, 0.3) is 0 Å². The maximum Gasteiger partial charge on any atom is 0.227 e. The molecule has 1 unspecified atom stereocenters. The van der Waals surface area contributed by atoms with Gasteiger partial charge in [0.15, 0.2) is 9.84 Å². The van der Waals surface area contributed by atoms with Crippen LogP contribution < -0.4 is 4.90 Å². The van der Waals surface area contributed by atoms with Crippen molar-refractivity contribution in [1.82, 2.24) is 0 Å². The molecule has 0 bridgehead atoms. The van der Waals surface area contributed by atoms with E-state index < -0.39 is 9.84 Å². The summed E-state index contributed by atoms with van der Waals surface area (Å²) in [6.45, 7) is 2.31. The average molecular weight is 364 g/mol. The first-order valence-corrected chi connectivity index (χ1v) is 9.86. The van der Waals surface area contributed by atoms with Crippen LogP contribution in [0.3, 0.4) is 0 Å². The minimum absolute atomic E-state index is 0.0968. The fourth-order valence-corrected chi connectivity index (χ4v) is 4.99. The number of halogens is 2. The van der Waals surface area contributed by atoms with Gasteiger partial charge in [-0.25, -0.2) is 8.42 Å². The van der Waals surface area contributed by atoms with E-state index in [0.717, 1.165) is 6.42 Å². The number of anilines is 1. The van der Waals surface area contributed by atoms with Crippen molar-refractivity contribution in [2.24, 2.45) is 5.92 Å². The molecule has 1 aliphatic heterocycles. The van der Waals surface area contributed by atoms with Crippen molar-refractivity contribution in [3.63, 3.8) is 0 Å². The first-order valence-electron chi connectivity index (χ1n) is 7.29. The highest BCUT2D eigenvalue weighted by molar-refractivity contribution is 7.91. The Morgan fingerprint density at radius 2 is 2.09 bits per heavy atom. The molecule has 0 aliphatic carbocycles. The zero-order valence-electron chi connectivity index (χ0n) is 12.4. The molecule has 122 valence electrons. The summed E-state index contributed by atoms with van der Waals surface area (Å²) >= 11 is 12.2. The highest BCUT2D eigenvalue weighted by atomic mass is 35.5. The van der Waals surface area contributed by atoms with Crippen molar-refractivity contribution >= 4 is 44.6 Å². The van der Waals surface area contributed by atoms with E-state index in [1.165, 1.54) is 0 Å². The van der Waals surface area contributed by atoms with Gasteiger partial charge in [-0.15, -0.1) is 0 Å². The van der Waals surface area contributed by atoms with Crippen LogP contribution in [-0.2, 0) is 14.6 Å². The maximum absolute atomic E-state index is 12.5. The molecule has 1 aliphatic rings. The van der Waals surface area contributed by atoms with Crippen molar-refractivity contribution in [3.8, 4) is 0 Å². The van der Waals surface area contributed by atoms with E-state index in [-0.39, 0.29) is 29.8 Å². The van der Waals surface area contributed by atoms with Crippen LogP contribution in [0.5, 0.6) is 0 Å². The number of hydrogen-bond acceptors (Lipinski definition) is 3. The van der Waals surface area contributed by atoms with Gasteiger partial charge in [-0.1, -0.05) is 29.3 Å². The van der Waals surface area contributed by atoms with E-state index >= 15 is 0 Å². The van der Waals surface area contributed by atoms with Gasteiger partial charge in [-0.2, -0.15) is 0 Å². The van der Waals surface area contributed by atoms with Gasteiger partial charge in [-0.3, -0.25) is 4.79 Å². The number of hydrogen-bond donors (Lipinski definition) is 0. The number of benzene rings is 1. The highest BCUT2D eigenvalue weighted by Gasteiger charge is 2.28. The minimum Gasteiger partial charge on any atom is -0.311 e. The van der Waals surface area contributed by atoms with E-state index in [1.807, 2.05) is 6.92 Å². The van der Waals surface area contributed by atoms with Crippen LogP contribution in [0.15, 0.2) is 18.2 Å². The second-order valence-corrected chi connectivity index (χ2v) is 8.55. The molecule has 1 fully saturated rings. The zero-order chi connectivity index (χ0) is 16.3. The van der Waals surface area contributed by atoms with Crippen LogP contribution >= 0.6 is 23.2 Å². The van der Waals surface area contributed by atoms with Crippen LogP contribution in [0.2, 0.25) is 10.0 Å². The van der Waals surface area contributed by atoms with Crippen LogP contribution in [0, 0.1) is 5.92 Å². The molecule has 0 radical (unpaired) electrons. The fourth-order valence-electron chi connectivity index (χ4n) is 2.82. The molecule has 1 heterocycles. The van der Waals surface area contributed by atoms with Crippen molar-refractivity contribution in [1.29, 1.82) is 0 Å². The van der Waals surface area contributed by atoms with Crippen LogP contribution in [-0.4, -0.2) is 32.4 Å². The Morgan fingerprint density at radius 3 is 2.73 bits per heavy atom. The highest BCUT2D eigenvalue weighted by Crippen LogP contribution is 2.33. The molecule has 2 rings (SSSR count). The number of amides is 1.